The molecule has 0 aromatic heterocycles. The molecule has 1 unspecified atom stereocenters. The molecule has 0 heterocycles. The summed E-state index contributed by atoms with van der Waals surface area (Å²) in [5.74, 6) is 0. The molecule has 5 rings (SSSR count). The second kappa shape index (κ2) is 4.71. The molecule has 114 valence electrons. The third-order valence-corrected chi connectivity index (χ3v) is 6.37. The first-order valence-electron chi connectivity index (χ1n) is 8.83. The molecular weight excluding hydrogens is 276 g/mol. The van der Waals surface area contributed by atoms with Gasteiger partial charge in [0.2, 0.25) is 0 Å². The van der Waals surface area contributed by atoms with Gasteiger partial charge < -0.3 is 0 Å². The van der Waals surface area contributed by atoms with Crippen LogP contribution in [0.4, 0.5) is 0 Å². The lowest BCUT2D eigenvalue weighted by Crippen LogP contribution is -2.32. The van der Waals surface area contributed by atoms with E-state index in [2.05, 4.69) is 72.8 Å². The minimum absolute atomic E-state index is 0.223. The van der Waals surface area contributed by atoms with E-state index in [9.17, 15) is 0 Å². The Morgan fingerprint density at radius 2 is 1.43 bits per heavy atom. The summed E-state index contributed by atoms with van der Waals surface area (Å²) in [4.78, 5) is 0. The molecule has 0 radical (unpaired) electrons. The van der Waals surface area contributed by atoms with E-state index in [-0.39, 0.29) is 5.41 Å². The molecule has 23 heavy (non-hydrogen) atoms. The van der Waals surface area contributed by atoms with Crippen molar-refractivity contribution in [3.63, 3.8) is 0 Å². The van der Waals surface area contributed by atoms with Crippen LogP contribution in [0.5, 0.6) is 0 Å². The Morgan fingerprint density at radius 3 is 2.09 bits per heavy atom. The van der Waals surface area contributed by atoms with Crippen LogP contribution in [-0.2, 0) is 11.8 Å². The third kappa shape index (κ3) is 1.84. The van der Waals surface area contributed by atoms with Crippen molar-refractivity contribution in [3.8, 4) is 0 Å². The molecule has 1 fully saturated rings. The van der Waals surface area contributed by atoms with Gasteiger partial charge in [-0.1, -0.05) is 72.8 Å². The summed E-state index contributed by atoms with van der Waals surface area (Å²) in [5.41, 5.74) is 6.86. The van der Waals surface area contributed by atoms with Gasteiger partial charge in [-0.3, -0.25) is 0 Å². The van der Waals surface area contributed by atoms with E-state index in [1.165, 1.54) is 25.7 Å². The molecule has 0 amide bonds. The lowest BCUT2D eigenvalue weighted by atomic mass is 9.63. The van der Waals surface area contributed by atoms with Gasteiger partial charge in [-0.15, -0.1) is 0 Å². The van der Waals surface area contributed by atoms with E-state index in [4.69, 9.17) is 0 Å². The number of hydrogen-bond donors (Lipinski definition) is 0. The average molecular weight is 298 g/mol. The summed E-state index contributed by atoms with van der Waals surface area (Å²) in [6.07, 6.45) is 15.5. The van der Waals surface area contributed by atoms with Gasteiger partial charge in [0, 0.05) is 5.41 Å². The minimum Gasteiger partial charge on any atom is -0.0837 e. The molecule has 2 aromatic carbocycles. The predicted molar refractivity (Wildman–Crippen MR) is 95.7 cm³/mol. The lowest BCUT2D eigenvalue weighted by Gasteiger charge is -2.40. The maximum absolute atomic E-state index is 2.49. The van der Waals surface area contributed by atoms with Crippen molar-refractivity contribution in [2.75, 3.05) is 0 Å². The molecule has 0 N–H and O–H groups in total. The summed E-state index contributed by atoms with van der Waals surface area (Å²) < 4.78 is 0. The first kappa shape index (κ1) is 13.4. The average Bonchev–Trinajstić information content (AvgIpc) is 2.96. The quantitative estimate of drug-likeness (QED) is 0.597. The van der Waals surface area contributed by atoms with Gasteiger partial charge in [0.15, 0.2) is 0 Å². The number of allylic oxidation sites excluding steroid dienone is 4. The fraction of sp³-hybridized carbons (Fsp3) is 0.304. The fourth-order valence-electron chi connectivity index (χ4n) is 5.36. The molecule has 2 spiro atoms. The summed E-state index contributed by atoms with van der Waals surface area (Å²) >= 11 is 0. The van der Waals surface area contributed by atoms with Crippen molar-refractivity contribution >= 4 is 0 Å². The zero-order valence-electron chi connectivity index (χ0n) is 13.5. The maximum atomic E-state index is 2.49. The van der Waals surface area contributed by atoms with Crippen LogP contribution in [0, 0.1) is 5.41 Å². The van der Waals surface area contributed by atoms with Crippen LogP contribution in [0.3, 0.4) is 0 Å². The molecule has 0 nitrogen and oxygen atoms in total. The van der Waals surface area contributed by atoms with Crippen LogP contribution >= 0.6 is 0 Å². The predicted octanol–water partition coefficient (Wildman–Crippen LogP) is 5.56. The van der Waals surface area contributed by atoms with Crippen LogP contribution in [0.2, 0.25) is 0 Å². The molecular formula is C23H22. The molecule has 3 aliphatic rings. The first-order valence-corrected chi connectivity index (χ1v) is 8.83. The van der Waals surface area contributed by atoms with Crippen LogP contribution in [0.25, 0.3) is 0 Å². The largest absolute Gasteiger partial charge is 0.0837 e. The molecule has 2 aromatic rings. The lowest BCUT2D eigenvalue weighted by molar-refractivity contribution is 0.368. The van der Waals surface area contributed by atoms with E-state index >= 15 is 0 Å². The Balaban J connectivity index is 1.71. The number of hydrogen-bond acceptors (Lipinski definition) is 0. The highest BCUT2D eigenvalue weighted by molar-refractivity contribution is 5.55. The second-order valence-corrected chi connectivity index (χ2v) is 7.60. The molecule has 0 heteroatoms. The monoisotopic (exact) mass is 298 g/mol. The number of rotatable bonds is 0. The minimum atomic E-state index is 0.223. The van der Waals surface area contributed by atoms with E-state index in [1.807, 2.05) is 0 Å². The van der Waals surface area contributed by atoms with Crippen LogP contribution in [0.1, 0.15) is 47.9 Å². The zero-order chi connectivity index (χ0) is 15.3. The standard InChI is InChI=1S/C23H22/c1-6-12-22(13-7-1)14-15-23(17-22)20-10-4-2-8-18(20)16-19-9-3-5-11-21(19)23/h1-12H,13-17H2. The van der Waals surface area contributed by atoms with Crippen molar-refractivity contribution in [2.24, 2.45) is 5.41 Å². The molecule has 3 aliphatic carbocycles. The summed E-state index contributed by atoms with van der Waals surface area (Å²) in [5, 5.41) is 0. The van der Waals surface area contributed by atoms with Crippen LogP contribution in [-0.4, -0.2) is 0 Å². The second-order valence-electron chi connectivity index (χ2n) is 7.60. The Kier molecular flexibility index (Phi) is 2.74. The maximum Gasteiger partial charge on any atom is 0.0217 e. The highest BCUT2D eigenvalue weighted by Crippen LogP contribution is 2.59. The zero-order valence-corrected chi connectivity index (χ0v) is 13.5. The van der Waals surface area contributed by atoms with Crippen LogP contribution in [0.15, 0.2) is 72.8 Å². The van der Waals surface area contributed by atoms with Crippen molar-refractivity contribution in [1.29, 1.82) is 0 Å². The molecule has 1 saturated carbocycles. The topological polar surface area (TPSA) is 0 Å². The SMILES string of the molecule is C1=CCC2(C=C1)CCC1(C2)c2ccccc2Cc2ccccc21. The molecule has 1 atom stereocenters. The summed E-state index contributed by atoms with van der Waals surface area (Å²) in [7, 11) is 0. The third-order valence-electron chi connectivity index (χ3n) is 6.37. The van der Waals surface area contributed by atoms with Gasteiger partial charge in [-0.2, -0.15) is 0 Å². The van der Waals surface area contributed by atoms with Gasteiger partial charge in [0.1, 0.15) is 0 Å². The number of fused-ring (bicyclic) bond motifs is 4. The van der Waals surface area contributed by atoms with E-state index in [0.29, 0.717) is 5.41 Å². The summed E-state index contributed by atoms with van der Waals surface area (Å²) in [6.45, 7) is 0. The van der Waals surface area contributed by atoms with Crippen molar-refractivity contribution in [2.45, 2.75) is 37.5 Å². The van der Waals surface area contributed by atoms with E-state index in [0.717, 1.165) is 6.42 Å². The molecule has 0 aliphatic heterocycles. The highest BCUT2D eigenvalue weighted by Gasteiger charge is 2.51. The first-order chi connectivity index (χ1) is 11.3. The molecule has 0 bridgehead atoms. The van der Waals surface area contributed by atoms with Gasteiger partial charge in [-0.25, -0.2) is 0 Å². The van der Waals surface area contributed by atoms with Crippen molar-refractivity contribution < 1.29 is 0 Å². The van der Waals surface area contributed by atoms with Gasteiger partial charge >= 0.3 is 0 Å². The van der Waals surface area contributed by atoms with Crippen molar-refractivity contribution in [3.05, 3.63) is 95.1 Å². The summed E-state index contributed by atoms with van der Waals surface area (Å²) in [6, 6.07) is 18.3. The fourth-order valence-corrected chi connectivity index (χ4v) is 5.36. The van der Waals surface area contributed by atoms with Gasteiger partial charge in [0.25, 0.3) is 0 Å². The van der Waals surface area contributed by atoms with Crippen molar-refractivity contribution in [1.82, 2.24) is 0 Å². The van der Waals surface area contributed by atoms with Gasteiger partial charge in [0.05, 0.1) is 0 Å². The van der Waals surface area contributed by atoms with Gasteiger partial charge in [-0.05, 0) is 59.8 Å². The number of benzene rings is 2. The smallest absolute Gasteiger partial charge is 0.0217 e. The van der Waals surface area contributed by atoms with Crippen LogP contribution < -0.4 is 0 Å². The molecule has 0 saturated heterocycles. The Morgan fingerprint density at radius 1 is 0.739 bits per heavy atom. The van der Waals surface area contributed by atoms with E-state index in [1.54, 1.807) is 22.3 Å². The Bertz CT molecular complexity index is 778. The Labute approximate surface area is 138 Å². The Hall–Kier alpha value is -2.08. The normalized spacial score (nSPS) is 26.4. The van der Waals surface area contributed by atoms with E-state index < -0.39 is 0 Å². The highest BCUT2D eigenvalue weighted by atomic mass is 14.5.